The number of likely N-dealkylation sites (tertiary alicyclic amines) is 1. The van der Waals surface area contributed by atoms with Crippen molar-refractivity contribution in [1.82, 2.24) is 4.90 Å². The number of ether oxygens (including phenoxy) is 2. The Morgan fingerprint density at radius 1 is 1.26 bits per heavy atom. The lowest BCUT2D eigenvalue weighted by Gasteiger charge is -2.39. The summed E-state index contributed by atoms with van der Waals surface area (Å²) in [7, 11) is 0. The molecule has 2 bridgehead atoms. The number of carbonyl (C=O) groups is 3. The molecule has 3 heterocycles. The minimum absolute atomic E-state index is 0.0890. The molecule has 0 radical (unpaired) electrons. The van der Waals surface area contributed by atoms with E-state index in [-0.39, 0.29) is 37.5 Å². The molecule has 8 heteroatoms. The van der Waals surface area contributed by atoms with E-state index in [0.717, 1.165) is 10.8 Å². The standard InChI is InChI=1S/C31H38N2O6/c1-6-15-32(23-14-13-20-11-9-10-12-21(20)16-23)28(36)26-31-17-19(4)30(5,39-31)25(29(37)38-8-3)24(31)27(35)33(26)22(7-2)18-34/h6,9-14,16,19,22,24-26,34H,1,7-8,15,17-18H2,2-5H3/t19?,22-,24-,25-,26?,30+,31?/m0/s1. The molecule has 5 rings (SSSR count). The summed E-state index contributed by atoms with van der Waals surface area (Å²) >= 11 is 0. The Morgan fingerprint density at radius 3 is 2.62 bits per heavy atom. The third kappa shape index (κ3) is 3.91. The topological polar surface area (TPSA) is 96.4 Å². The van der Waals surface area contributed by atoms with Crippen molar-refractivity contribution in [2.24, 2.45) is 17.8 Å². The summed E-state index contributed by atoms with van der Waals surface area (Å²) < 4.78 is 12.2. The van der Waals surface area contributed by atoms with Crippen LogP contribution >= 0.6 is 0 Å². The number of hydrogen-bond acceptors (Lipinski definition) is 6. The van der Waals surface area contributed by atoms with Crippen molar-refractivity contribution in [3.8, 4) is 0 Å². The first-order chi connectivity index (χ1) is 18.7. The molecule has 7 atom stereocenters. The summed E-state index contributed by atoms with van der Waals surface area (Å²) in [5.41, 5.74) is -1.47. The number of carbonyl (C=O) groups excluding carboxylic acids is 3. The highest BCUT2D eigenvalue weighted by molar-refractivity contribution is 6.05. The summed E-state index contributed by atoms with van der Waals surface area (Å²) in [5.74, 6) is -2.91. The van der Waals surface area contributed by atoms with Gasteiger partial charge in [0.05, 0.1) is 30.8 Å². The van der Waals surface area contributed by atoms with E-state index in [4.69, 9.17) is 9.47 Å². The van der Waals surface area contributed by atoms with Gasteiger partial charge in [-0.05, 0) is 55.5 Å². The molecule has 39 heavy (non-hydrogen) atoms. The molecular formula is C31H38N2O6. The molecule has 3 aliphatic heterocycles. The number of hydrogen-bond donors (Lipinski definition) is 1. The molecule has 1 N–H and O–H groups in total. The van der Waals surface area contributed by atoms with E-state index in [1.165, 1.54) is 4.90 Å². The van der Waals surface area contributed by atoms with Gasteiger partial charge in [0, 0.05) is 12.2 Å². The molecule has 0 aromatic heterocycles. The fraction of sp³-hybridized carbons (Fsp3) is 0.516. The van der Waals surface area contributed by atoms with E-state index in [0.29, 0.717) is 18.5 Å². The fourth-order valence-corrected chi connectivity index (χ4v) is 7.30. The second-order valence-electron chi connectivity index (χ2n) is 11.2. The van der Waals surface area contributed by atoms with E-state index in [9.17, 15) is 19.5 Å². The van der Waals surface area contributed by atoms with Crippen molar-refractivity contribution in [3.05, 3.63) is 55.1 Å². The Balaban J connectivity index is 1.65. The second kappa shape index (κ2) is 10.1. The Labute approximate surface area is 229 Å². The van der Waals surface area contributed by atoms with Gasteiger partial charge in [-0.1, -0.05) is 50.3 Å². The molecule has 0 aliphatic carbocycles. The highest BCUT2D eigenvalue weighted by Crippen LogP contribution is 2.65. The van der Waals surface area contributed by atoms with Crippen molar-refractivity contribution in [2.45, 2.75) is 63.8 Å². The number of fused-ring (bicyclic) bond motifs is 2. The molecule has 3 unspecified atom stereocenters. The van der Waals surface area contributed by atoms with Crippen LogP contribution in [0.2, 0.25) is 0 Å². The number of amides is 2. The zero-order valence-electron chi connectivity index (χ0n) is 23.1. The molecule has 3 aliphatic rings. The first-order valence-corrected chi connectivity index (χ1v) is 13.9. The summed E-state index contributed by atoms with van der Waals surface area (Å²) in [6.07, 6.45) is 2.55. The van der Waals surface area contributed by atoms with Gasteiger partial charge in [0.2, 0.25) is 5.91 Å². The van der Waals surface area contributed by atoms with Crippen LogP contribution in [0.15, 0.2) is 55.1 Å². The highest BCUT2D eigenvalue weighted by atomic mass is 16.6. The van der Waals surface area contributed by atoms with Crippen LogP contribution in [0.1, 0.15) is 40.5 Å². The van der Waals surface area contributed by atoms with Crippen LogP contribution < -0.4 is 4.90 Å². The van der Waals surface area contributed by atoms with Crippen LogP contribution in [0.3, 0.4) is 0 Å². The molecule has 208 valence electrons. The number of anilines is 1. The summed E-state index contributed by atoms with van der Waals surface area (Å²) in [6.45, 7) is 11.5. The van der Waals surface area contributed by atoms with Crippen molar-refractivity contribution < 1.29 is 29.0 Å². The quantitative estimate of drug-likeness (QED) is 0.389. The predicted molar refractivity (Wildman–Crippen MR) is 148 cm³/mol. The summed E-state index contributed by atoms with van der Waals surface area (Å²) in [5, 5.41) is 12.3. The lowest BCUT2D eigenvalue weighted by Crippen LogP contribution is -2.59. The Bertz CT molecular complexity index is 1310. The number of aliphatic hydroxyl groups excluding tert-OH is 1. The second-order valence-corrected chi connectivity index (χ2v) is 11.2. The van der Waals surface area contributed by atoms with Gasteiger partial charge in [-0.2, -0.15) is 0 Å². The number of nitrogens with zero attached hydrogens (tertiary/aromatic N) is 2. The third-order valence-electron chi connectivity index (χ3n) is 9.22. The highest BCUT2D eigenvalue weighted by Gasteiger charge is 2.80. The maximum absolute atomic E-state index is 14.7. The van der Waals surface area contributed by atoms with E-state index in [1.54, 1.807) is 17.9 Å². The Hall–Kier alpha value is -3.23. The minimum atomic E-state index is -1.21. The van der Waals surface area contributed by atoms with Crippen LogP contribution in [-0.4, -0.2) is 70.8 Å². The number of rotatable bonds is 9. The fourth-order valence-electron chi connectivity index (χ4n) is 7.30. The van der Waals surface area contributed by atoms with Gasteiger partial charge in [-0.3, -0.25) is 14.4 Å². The number of benzene rings is 2. The van der Waals surface area contributed by atoms with Gasteiger partial charge in [-0.15, -0.1) is 6.58 Å². The molecule has 3 saturated heterocycles. The Kier molecular flexibility index (Phi) is 7.06. The summed E-state index contributed by atoms with van der Waals surface area (Å²) in [6, 6.07) is 12.1. The molecule has 3 fully saturated rings. The normalized spacial score (nSPS) is 31.8. The van der Waals surface area contributed by atoms with E-state index >= 15 is 0 Å². The first kappa shape index (κ1) is 27.3. The molecule has 8 nitrogen and oxygen atoms in total. The van der Waals surface area contributed by atoms with Crippen molar-refractivity contribution >= 4 is 34.2 Å². The van der Waals surface area contributed by atoms with Gasteiger partial charge < -0.3 is 24.4 Å². The SMILES string of the molecule is C=CCN(C(=O)C1N([C@@H](CC)CO)C(=O)[C@@H]2[C@@H](C(=O)OCC)[C@]3(C)OC12CC3C)c1ccc2ccccc2c1. The number of aliphatic hydroxyl groups is 1. The molecule has 2 aromatic rings. The lowest BCUT2D eigenvalue weighted by atomic mass is 9.62. The summed E-state index contributed by atoms with van der Waals surface area (Å²) in [4.78, 5) is 45.4. The largest absolute Gasteiger partial charge is 0.466 e. The van der Waals surface area contributed by atoms with Crippen LogP contribution in [0.4, 0.5) is 5.69 Å². The molecule has 1 spiro atoms. The number of esters is 1. The zero-order chi connectivity index (χ0) is 28.1. The molecule has 2 amide bonds. The molecule has 2 aromatic carbocycles. The van der Waals surface area contributed by atoms with E-state index in [2.05, 4.69) is 6.58 Å². The minimum Gasteiger partial charge on any atom is -0.466 e. The van der Waals surface area contributed by atoms with Gasteiger partial charge in [0.1, 0.15) is 17.6 Å². The smallest absolute Gasteiger partial charge is 0.312 e. The van der Waals surface area contributed by atoms with Gasteiger partial charge in [0.25, 0.3) is 5.91 Å². The molecular weight excluding hydrogens is 496 g/mol. The van der Waals surface area contributed by atoms with Gasteiger partial charge >= 0.3 is 5.97 Å². The van der Waals surface area contributed by atoms with Crippen molar-refractivity contribution in [1.29, 1.82) is 0 Å². The predicted octanol–water partition coefficient (Wildman–Crippen LogP) is 3.70. The maximum atomic E-state index is 14.7. The van der Waals surface area contributed by atoms with Gasteiger partial charge in [0.15, 0.2) is 0 Å². The lowest BCUT2D eigenvalue weighted by molar-refractivity contribution is -0.162. The van der Waals surface area contributed by atoms with Crippen LogP contribution in [0.5, 0.6) is 0 Å². The maximum Gasteiger partial charge on any atom is 0.312 e. The Morgan fingerprint density at radius 2 is 1.97 bits per heavy atom. The van der Waals surface area contributed by atoms with E-state index in [1.807, 2.05) is 63.2 Å². The monoisotopic (exact) mass is 534 g/mol. The average Bonchev–Trinajstić information content (AvgIpc) is 3.44. The van der Waals surface area contributed by atoms with Gasteiger partial charge in [-0.25, -0.2) is 0 Å². The zero-order valence-corrected chi connectivity index (χ0v) is 23.1. The van der Waals surface area contributed by atoms with Crippen LogP contribution in [0, 0.1) is 17.8 Å². The third-order valence-corrected chi connectivity index (χ3v) is 9.22. The van der Waals surface area contributed by atoms with Crippen LogP contribution in [-0.2, 0) is 23.9 Å². The van der Waals surface area contributed by atoms with Crippen LogP contribution in [0.25, 0.3) is 10.8 Å². The first-order valence-electron chi connectivity index (χ1n) is 13.9. The van der Waals surface area contributed by atoms with E-state index < -0.39 is 41.1 Å². The van der Waals surface area contributed by atoms with Crippen molar-refractivity contribution in [3.63, 3.8) is 0 Å². The van der Waals surface area contributed by atoms with Crippen molar-refractivity contribution in [2.75, 3.05) is 24.7 Å². The average molecular weight is 535 g/mol. The molecule has 0 saturated carbocycles.